The van der Waals surface area contributed by atoms with E-state index in [1.54, 1.807) is 17.0 Å². The highest BCUT2D eigenvalue weighted by Crippen LogP contribution is 2.26. The van der Waals surface area contributed by atoms with Crippen LogP contribution in [0.2, 0.25) is 0 Å². The molecular weight excluding hydrogens is 281 g/mol. The Morgan fingerprint density at radius 2 is 1.91 bits per heavy atom. The number of morpholine rings is 1. The summed E-state index contributed by atoms with van der Waals surface area (Å²) in [5.74, 6) is -0.553. The van der Waals surface area contributed by atoms with Crippen molar-refractivity contribution in [3.8, 4) is 0 Å². The number of hydrogen-bond donors (Lipinski definition) is 0. The maximum absolute atomic E-state index is 13.3. The minimum Gasteiger partial charge on any atom is -0.367 e. The summed E-state index contributed by atoms with van der Waals surface area (Å²) >= 11 is 0. The number of hydrogen-bond acceptors (Lipinski definition) is 2. The highest BCUT2D eigenvalue weighted by atomic mass is 19.1. The van der Waals surface area contributed by atoms with Crippen molar-refractivity contribution < 1.29 is 13.9 Å². The zero-order valence-electron chi connectivity index (χ0n) is 12.4. The molecular formula is C18H18FNO2. The number of rotatable bonds is 2. The van der Waals surface area contributed by atoms with Crippen LogP contribution < -0.4 is 0 Å². The van der Waals surface area contributed by atoms with Gasteiger partial charge in [0.05, 0.1) is 12.6 Å². The van der Waals surface area contributed by atoms with Crippen LogP contribution in [0, 0.1) is 5.82 Å². The lowest BCUT2D eigenvalue weighted by Crippen LogP contribution is -2.46. The maximum atomic E-state index is 13.3. The van der Waals surface area contributed by atoms with Crippen molar-refractivity contribution in [1.82, 2.24) is 4.90 Å². The SMILES string of the molecule is CC1CN(C(=O)c2cccc(F)c2)CC(c2ccccc2)O1. The fourth-order valence-corrected chi connectivity index (χ4v) is 2.77. The molecule has 0 radical (unpaired) electrons. The van der Waals surface area contributed by atoms with E-state index in [2.05, 4.69) is 0 Å². The van der Waals surface area contributed by atoms with Gasteiger partial charge in [0.25, 0.3) is 5.91 Å². The van der Waals surface area contributed by atoms with E-state index in [1.807, 2.05) is 37.3 Å². The molecule has 0 aromatic heterocycles. The van der Waals surface area contributed by atoms with E-state index in [-0.39, 0.29) is 18.1 Å². The fraction of sp³-hybridized carbons (Fsp3) is 0.278. The first-order valence-electron chi connectivity index (χ1n) is 7.39. The first-order valence-corrected chi connectivity index (χ1v) is 7.39. The molecule has 1 aliphatic rings. The summed E-state index contributed by atoms with van der Waals surface area (Å²) in [6.45, 7) is 2.93. The lowest BCUT2D eigenvalue weighted by atomic mass is 10.1. The molecule has 1 aliphatic heterocycles. The Morgan fingerprint density at radius 1 is 1.14 bits per heavy atom. The number of carbonyl (C=O) groups is 1. The van der Waals surface area contributed by atoms with E-state index in [4.69, 9.17) is 4.74 Å². The topological polar surface area (TPSA) is 29.5 Å². The molecule has 2 atom stereocenters. The van der Waals surface area contributed by atoms with Crippen LogP contribution in [0.25, 0.3) is 0 Å². The maximum Gasteiger partial charge on any atom is 0.254 e. The Balaban J connectivity index is 1.80. The van der Waals surface area contributed by atoms with E-state index in [0.29, 0.717) is 18.7 Å². The highest BCUT2D eigenvalue weighted by molar-refractivity contribution is 5.94. The molecule has 0 N–H and O–H groups in total. The third-order valence-electron chi connectivity index (χ3n) is 3.79. The summed E-state index contributed by atoms with van der Waals surface area (Å²) in [7, 11) is 0. The van der Waals surface area contributed by atoms with Gasteiger partial charge < -0.3 is 9.64 Å². The Morgan fingerprint density at radius 3 is 2.64 bits per heavy atom. The summed E-state index contributed by atoms with van der Waals surface area (Å²) in [5.41, 5.74) is 1.42. The third-order valence-corrected chi connectivity index (χ3v) is 3.79. The second kappa shape index (κ2) is 6.28. The predicted octanol–water partition coefficient (Wildman–Crippen LogP) is 3.43. The molecule has 0 spiro atoms. The molecule has 0 aliphatic carbocycles. The summed E-state index contributed by atoms with van der Waals surface area (Å²) in [6.07, 6.45) is -0.209. The average molecular weight is 299 g/mol. The van der Waals surface area contributed by atoms with Gasteiger partial charge in [-0.15, -0.1) is 0 Å². The van der Waals surface area contributed by atoms with Crippen LogP contribution in [0.3, 0.4) is 0 Å². The van der Waals surface area contributed by atoms with Crippen LogP contribution >= 0.6 is 0 Å². The Kier molecular flexibility index (Phi) is 4.20. The first kappa shape index (κ1) is 14.7. The third kappa shape index (κ3) is 3.17. The van der Waals surface area contributed by atoms with E-state index in [0.717, 1.165) is 5.56 Å². The van der Waals surface area contributed by atoms with Gasteiger partial charge in [0.15, 0.2) is 0 Å². The summed E-state index contributed by atoms with van der Waals surface area (Å²) in [5, 5.41) is 0. The van der Waals surface area contributed by atoms with Crippen LogP contribution in [0.1, 0.15) is 28.9 Å². The van der Waals surface area contributed by atoms with Crippen molar-refractivity contribution in [3.05, 3.63) is 71.5 Å². The number of nitrogens with zero attached hydrogens (tertiary/aromatic N) is 1. The van der Waals surface area contributed by atoms with E-state index in [1.165, 1.54) is 12.1 Å². The van der Waals surface area contributed by atoms with Crippen LogP contribution in [0.5, 0.6) is 0 Å². The van der Waals surface area contributed by atoms with Gasteiger partial charge >= 0.3 is 0 Å². The van der Waals surface area contributed by atoms with Crippen molar-refractivity contribution in [2.75, 3.05) is 13.1 Å². The van der Waals surface area contributed by atoms with Crippen LogP contribution in [0.4, 0.5) is 4.39 Å². The standard InChI is InChI=1S/C18H18FNO2/c1-13-11-20(18(21)15-8-5-9-16(19)10-15)12-17(22-13)14-6-3-2-4-7-14/h2-10,13,17H,11-12H2,1H3. The molecule has 1 amide bonds. The number of halogens is 1. The number of ether oxygens (including phenoxy) is 1. The van der Waals surface area contributed by atoms with Crippen LogP contribution in [-0.4, -0.2) is 30.0 Å². The molecule has 0 saturated carbocycles. The molecule has 2 aromatic carbocycles. The number of amides is 1. The number of benzene rings is 2. The fourth-order valence-electron chi connectivity index (χ4n) is 2.77. The van der Waals surface area contributed by atoms with Crippen molar-refractivity contribution in [2.45, 2.75) is 19.1 Å². The van der Waals surface area contributed by atoms with Crippen LogP contribution in [-0.2, 0) is 4.74 Å². The predicted molar refractivity (Wildman–Crippen MR) is 82.0 cm³/mol. The smallest absolute Gasteiger partial charge is 0.254 e. The Hall–Kier alpha value is -2.20. The van der Waals surface area contributed by atoms with Gasteiger partial charge in [0.1, 0.15) is 11.9 Å². The zero-order chi connectivity index (χ0) is 15.5. The van der Waals surface area contributed by atoms with E-state index >= 15 is 0 Å². The van der Waals surface area contributed by atoms with Gasteiger partial charge in [0.2, 0.25) is 0 Å². The molecule has 3 nitrogen and oxygen atoms in total. The van der Waals surface area contributed by atoms with Crippen molar-refractivity contribution in [3.63, 3.8) is 0 Å². The lowest BCUT2D eigenvalue weighted by Gasteiger charge is -2.37. The largest absolute Gasteiger partial charge is 0.367 e. The quantitative estimate of drug-likeness (QED) is 0.850. The number of carbonyl (C=O) groups excluding carboxylic acids is 1. The van der Waals surface area contributed by atoms with Gasteiger partial charge in [-0.1, -0.05) is 36.4 Å². The molecule has 3 rings (SSSR count). The van der Waals surface area contributed by atoms with E-state index in [9.17, 15) is 9.18 Å². The molecule has 2 unspecified atom stereocenters. The minimum atomic E-state index is -0.397. The van der Waals surface area contributed by atoms with Gasteiger partial charge in [-0.3, -0.25) is 4.79 Å². The van der Waals surface area contributed by atoms with Gasteiger partial charge in [-0.05, 0) is 30.7 Å². The van der Waals surface area contributed by atoms with Crippen molar-refractivity contribution in [2.24, 2.45) is 0 Å². The molecule has 4 heteroatoms. The molecule has 0 bridgehead atoms. The molecule has 1 heterocycles. The van der Waals surface area contributed by atoms with Crippen molar-refractivity contribution in [1.29, 1.82) is 0 Å². The minimum absolute atomic E-state index is 0.0588. The Labute approximate surface area is 129 Å². The van der Waals surface area contributed by atoms with Gasteiger partial charge in [-0.2, -0.15) is 0 Å². The average Bonchev–Trinajstić information content (AvgIpc) is 2.54. The molecule has 22 heavy (non-hydrogen) atoms. The van der Waals surface area contributed by atoms with Crippen molar-refractivity contribution >= 4 is 5.91 Å². The zero-order valence-corrected chi connectivity index (χ0v) is 12.4. The second-order valence-corrected chi connectivity index (χ2v) is 5.57. The highest BCUT2D eigenvalue weighted by Gasteiger charge is 2.29. The molecule has 1 fully saturated rings. The van der Waals surface area contributed by atoms with E-state index < -0.39 is 5.82 Å². The summed E-state index contributed by atoms with van der Waals surface area (Å²) in [4.78, 5) is 14.3. The molecule has 114 valence electrons. The second-order valence-electron chi connectivity index (χ2n) is 5.57. The molecule has 2 aromatic rings. The lowest BCUT2D eigenvalue weighted by molar-refractivity contribution is -0.0691. The first-order chi connectivity index (χ1) is 10.6. The van der Waals surface area contributed by atoms with Crippen LogP contribution in [0.15, 0.2) is 54.6 Å². The normalized spacial score (nSPS) is 21.6. The summed E-state index contributed by atoms with van der Waals surface area (Å²) in [6, 6.07) is 15.7. The summed E-state index contributed by atoms with van der Waals surface area (Å²) < 4.78 is 19.3. The van der Waals surface area contributed by atoms with Gasteiger partial charge in [-0.25, -0.2) is 4.39 Å². The molecule has 1 saturated heterocycles. The monoisotopic (exact) mass is 299 g/mol. The van der Waals surface area contributed by atoms with Gasteiger partial charge in [0, 0.05) is 12.1 Å². The Bertz CT molecular complexity index is 659.